The molecule has 25 heavy (non-hydrogen) atoms. The number of aryl methyl sites for hydroxylation is 1. The number of carbonyl (C=O) groups is 1. The number of nitrogens with one attached hydrogen (secondary N) is 2. The SMILES string of the molecule is Cc1nc(CCNC(=O)[C@@H]2CCCN(Cc3ccco3)C2)cc(=O)[nH]1. The molecular weight excluding hydrogens is 320 g/mol. The van der Waals surface area contributed by atoms with Crippen molar-refractivity contribution < 1.29 is 9.21 Å². The summed E-state index contributed by atoms with van der Waals surface area (Å²) in [6.45, 7) is 4.71. The van der Waals surface area contributed by atoms with E-state index in [4.69, 9.17) is 4.42 Å². The first kappa shape index (κ1) is 17.4. The van der Waals surface area contributed by atoms with Crippen molar-refractivity contribution in [2.24, 2.45) is 5.92 Å². The summed E-state index contributed by atoms with van der Waals surface area (Å²) < 4.78 is 5.39. The molecule has 0 saturated carbocycles. The zero-order valence-electron chi connectivity index (χ0n) is 14.5. The topological polar surface area (TPSA) is 91.2 Å². The van der Waals surface area contributed by atoms with E-state index in [1.165, 1.54) is 6.07 Å². The fourth-order valence-corrected chi connectivity index (χ4v) is 3.26. The Morgan fingerprint density at radius 1 is 1.52 bits per heavy atom. The predicted octanol–water partition coefficient (Wildman–Crippen LogP) is 1.24. The van der Waals surface area contributed by atoms with Gasteiger partial charge in [0.25, 0.3) is 5.56 Å². The van der Waals surface area contributed by atoms with Gasteiger partial charge in [-0.2, -0.15) is 0 Å². The largest absolute Gasteiger partial charge is 0.468 e. The lowest BCUT2D eigenvalue weighted by atomic mass is 9.97. The van der Waals surface area contributed by atoms with E-state index >= 15 is 0 Å². The van der Waals surface area contributed by atoms with Crippen LogP contribution in [0.2, 0.25) is 0 Å². The number of H-pyrrole nitrogens is 1. The van der Waals surface area contributed by atoms with Gasteiger partial charge in [-0.25, -0.2) is 4.98 Å². The van der Waals surface area contributed by atoms with Crippen LogP contribution in [-0.4, -0.2) is 40.4 Å². The molecule has 0 bridgehead atoms. The molecule has 0 spiro atoms. The third-order valence-corrected chi connectivity index (χ3v) is 4.43. The molecule has 2 N–H and O–H groups in total. The minimum atomic E-state index is -0.158. The Labute approximate surface area is 146 Å². The minimum absolute atomic E-state index is 0.00224. The molecule has 1 aliphatic rings. The Morgan fingerprint density at radius 3 is 3.16 bits per heavy atom. The van der Waals surface area contributed by atoms with Crippen molar-refractivity contribution in [1.29, 1.82) is 0 Å². The maximum atomic E-state index is 12.4. The van der Waals surface area contributed by atoms with Gasteiger partial charge < -0.3 is 14.7 Å². The number of carbonyl (C=O) groups excluding carboxylic acids is 1. The van der Waals surface area contributed by atoms with E-state index < -0.39 is 0 Å². The smallest absolute Gasteiger partial charge is 0.251 e. The molecule has 134 valence electrons. The Morgan fingerprint density at radius 2 is 2.40 bits per heavy atom. The van der Waals surface area contributed by atoms with E-state index in [0.29, 0.717) is 24.5 Å². The van der Waals surface area contributed by atoms with Crippen LogP contribution in [0, 0.1) is 12.8 Å². The van der Waals surface area contributed by atoms with Crippen LogP contribution in [0.3, 0.4) is 0 Å². The van der Waals surface area contributed by atoms with Gasteiger partial charge >= 0.3 is 0 Å². The summed E-state index contributed by atoms with van der Waals surface area (Å²) in [6, 6.07) is 5.32. The van der Waals surface area contributed by atoms with Crippen molar-refractivity contribution in [3.8, 4) is 0 Å². The lowest BCUT2D eigenvalue weighted by molar-refractivity contribution is -0.126. The zero-order chi connectivity index (χ0) is 17.6. The second-order valence-electron chi connectivity index (χ2n) is 6.52. The van der Waals surface area contributed by atoms with Gasteiger partial charge in [0.15, 0.2) is 0 Å². The second kappa shape index (κ2) is 8.11. The van der Waals surface area contributed by atoms with Gasteiger partial charge in [0, 0.05) is 31.3 Å². The number of hydrogen-bond donors (Lipinski definition) is 2. The number of piperidine rings is 1. The van der Waals surface area contributed by atoms with Crippen LogP contribution in [0.15, 0.2) is 33.7 Å². The number of furan rings is 1. The van der Waals surface area contributed by atoms with Crippen LogP contribution in [0.5, 0.6) is 0 Å². The monoisotopic (exact) mass is 344 g/mol. The first-order valence-corrected chi connectivity index (χ1v) is 8.69. The molecule has 0 aromatic carbocycles. The number of nitrogens with zero attached hydrogens (tertiary/aromatic N) is 2. The Bertz CT molecular complexity index is 754. The molecule has 3 heterocycles. The standard InChI is InChI=1S/C18H24N4O3/c1-13-20-15(10-17(23)21-13)6-7-19-18(24)14-4-2-8-22(11-14)12-16-5-3-9-25-16/h3,5,9-10,14H,2,4,6-8,11-12H2,1H3,(H,19,24)(H,20,21,23)/t14-/m1/s1. The van der Waals surface area contributed by atoms with Crippen molar-refractivity contribution in [2.45, 2.75) is 32.7 Å². The highest BCUT2D eigenvalue weighted by Crippen LogP contribution is 2.19. The fourth-order valence-electron chi connectivity index (χ4n) is 3.26. The van der Waals surface area contributed by atoms with Gasteiger partial charge in [0.2, 0.25) is 5.91 Å². The predicted molar refractivity (Wildman–Crippen MR) is 93.0 cm³/mol. The average Bonchev–Trinajstić information content (AvgIpc) is 3.07. The Balaban J connectivity index is 1.46. The van der Waals surface area contributed by atoms with Crippen LogP contribution >= 0.6 is 0 Å². The van der Waals surface area contributed by atoms with Gasteiger partial charge in [-0.1, -0.05) is 0 Å². The summed E-state index contributed by atoms with van der Waals surface area (Å²) in [4.78, 5) is 33.0. The van der Waals surface area contributed by atoms with E-state index in [-0.39, 0.29) is 17.4 Å². The van der Waals surface area contributed by atoms with E-state index in [1.807, 2.05) is 12.1 Å². The van der Waals surface area contributed by atoms with Gasteiger partial charge in [-0.15, -0.1) is 0 Å². The maximum absolute atomic E-state index is 12.4. The van der Waals surface area contributed by atoms with Crippen molar-refractivity contribution >= 4 is 5.91 Å². The molecule has 2 aromatic heterocycles. The van der Waals surface area contributed by atoms with Crippen LogP contribution in [0.1, 0.15) is 30.1 Å². The molecular formula is C18H24N4O3. The molecule has 0 unspecified atom stereocenters. The number of likely N-dealkylation sites (tertiary alicyclic amines) is 1. The van der Waals surface area contributed by atoms with Gasteiger partial charge in [0.1, 0.15) is 11.6 Å². The van der Waals surface area contributed by atoms with Crippen molar-refractivity contribution in [3.05, 3.63) is 52.1 Å². The third-order valence-electron chi connectivity index (χ3n) is 4.43. The summed E-state index contributed by atoms with van der Waals surface area (Å²) in [6.07, 6.45) is 4.14. The average molecular weight is 344 g/mol. The van der Waals surface area contributed by atoms with E-state index in [0.717, 1.165) is 38.2 Å². The summed E-state index contributed by atoms with van der Waals surface area (Å²) >= 11 is 0. The highest BCUT2D eigenvalue weighted by atomic mass is 16.3. The molecule has 1 amide bonds. The molecule has 1 saturated heterocycles. The van der Waals surface area contributed by atoms with Crippen LogP contribution < -0.4 is 10.9 Å². The molecule has 1 aliphatic heterocycles. The first-order valence-electron chi connectivity index (χ1n) is 8.69. The van der Waals surface area contributed by atoms with Gasteiger partial charge in [0.05, 0.1) is 18.7 Å². The zero-order valence-corrected chi connectivity index (χ0v) is 14.5. The normalized spacial score (nSPS) is 18.2. The highest BCUT2D eigenvalue weighted by molar-refractivity contribution is 5.78. The summed E-state index contributed by atoms with van der Waals surface area (Å²) in [7, 11) is 0. The van der Waals surface area contributed by atoms with Crippen LogP contribution in [0.4, 0.5) is 0 Å². The first-order chi connectivity index (χ1) is 12.1. The molecule has 1 fully saturated rings. The minimum Gasteiger partial charge on any atom is -0.468 e. The molecule has 1 atom stereocenters. The number of aromatic amines is 1. The molecule has 3 rings (SSSR count). The number of aromatic nitrogens is 2. The number of amides is 1. The van der Waals surface area contributed by atoms with Crippen molar-refractivity contribution in [3.63, 3.8) is 0 Å². The number of rotatable bonds is 6. The van der Waals surface area contributed by atoms with Crippen molar-refractivity contribution in [2.75, 3.05) is 19.6 Å². The van der Waals surface area contributed by atoms with Crippen LogP contribution in [-0.2, 0) is 17.8 Å². The number of hydrogen-bond acceptors (Lipinski definition) is 5. The molecule has 0 radical (unpaired) electrons. The molecule has 7 nitrogen and oxygen atoms in total. The quantitative estimate of drug-likeness (QED) is 0.823. The Kier molecular flexibility index (Phi) is 5.65. The lowest BCUT2D eigenvalue weighted by Gasteiger charge is -2.31. The summed E-state index contributed by atoms with van der Waals surface area (Å²) in [5.41, 5.74) is 0.541. The highest BCUT2D eigenvalue weighted by Gasteiger charge is 2.25. The van der Waals surface area contributed by atoms with Gasteiger partial charge in [-0.05, 0) is 38.4 Å². The van der Waals surface area contributed by atoms with E-state index in [2.05, 4.69) is 20.2 Å². The molecule has 0 aliphatic carbocycles. The van der Waals surface area contributed by atoms with E-state index in [9.17, 15) is 9.59 Å². The molecule has 2 aromatic rings. The fraction of sp³-hybridized carbons (Fsp3) is 0.500. The second-order valence-corrected chi connectivity index (χ2v) is 6.52. The van der Waals surface area contributed by atoms with E-state index in [1.54, 1.807) is 13.2 Å². The molecule has 7 heteroatoms. The summed E-state index contributed by atoms with van der Waals surface area (Å²) in [5.74, 6) is 1.59. The van der Waals surface area contributed by atoms with Gasteiger partial charge in [-0.3, -0.25) is 14.5 Å². The summed E-state index contributed by atoms with van der Waals surface area (Å²) in [5, 5.41) is 2.98. The maximum Gasteiger partial charge on any atom is 0.251 e. The lowest BCUT2D eigenvalue weighted by Crippen LogP contribution is -2.43. The van der Waals surface area contributed by atoms with Crippen molar-refractivity contribution in [1.82, 2.24) is 20.2 Å². The van der Waals surface area contributed by atoms with Crippen LogP contribution in [0.25, 0.3) is 0 Å². The Hall–Kier alpha value is -2.41. The third kappa shape index (κ3) is 5.03.